The van der Waals surface area contributed by atoms with Crippen LogP contribution in [0.5, 0.6) is 17.2 Å². The van der Waals surface area contributed by atoms with Crippen molar-refractivity contribution in [2.75, 3.05) is 33.2 Å². The Morgan fingerprint density at radius 1 is 0.879 bits per heavy atom. The van der Waals surface area contributed by atoms with Crippen molar-refractivity contribution in [2.24, 2.45) is 0 Å². The first-order valence-electron chi connectivity index (χ1n) is 10.3. The third kappa shape index (κ3) is 4.56. The quantitative estimate of drug-likeness (QED) is 0.478. The van der Waals surface area contributed by atoms with E-state index in [2.05, 4.69) is 5.32 Å². The highest BCUT2D eigenvalue weighted by atomic mass is 32.1. The maximum atomic E-state index is 13.4. The van der Waals surface area contributed by atoms with Gasteiger partial charge in [0.05, 0.1) is 32.6 Å². The number of methoxy groups -OCH3 is 3. The van der Waals surface area contributed by atoms with Gasteiger partial charge in [0.1, 0.15) is 22.9 Å². The van der Waals surface area contributed by atoms with Crippen LogP contribution in [0.25, 0.3) is 5.57 Å². The first kappa shape index (κ1) is 22.4. The average molecular weight is 465 g/mol. The van der Waals surface area contributed by atoms with Gasteiger partial charge in [-0.2, -0.15) is 0 Å². The fourth-order valence-electron chi connectivity index (χ4n) is 3.62. The SMILES string of the molecule is COc1ccc(CCN2C(=O)C(Nc3cc(OC)ccc3OC)=C(c3cccs3)C2=O)cc1. The number of hydrogen-bond donors (Lipinski definition) is 1. The smallest absolute Gasteiger partial charge is 0.278 e. The molecule has 0 spiro atoms. The number of rotatable bonds is 9. The van der Waals surface area contributed by atoms with Gasteiger partial charge in [-0.1, -0.05) is 18.2 Å². The summed E-state index contributed by atoms with van der Waals surface area (Å²) in [7, 11) is 4.72. The Kier molecular flexibility index (Phi) is 6.65. The fourth-order valence-corrected chi connectivity index (χ4v) is 4.39. The molecule has 8 heteroatoms. The summed E-state index contributed by atoms with van der Waals surface area (Å²) in [4.78, 5) is 28.8. The van der Waals surface area contributed by atoms with Crippen molar-refractivity contribution >= 4 is 34.4 Å². The molecule has 0 fully saturated rings. The van der Waals surface area contributed by atoms with Crippen LogP contribution < -0.4 is 19.5 Å². The minimum atomic E-state index is -0.373. The molecule has 2 heterocycles. The minimum Gasteiger partial charge on any atom is -0.497 e. The van der Waals surface area contributed by atoms with Crippen molar-refractivity contribution in [1.82, 2.24) is 4.90 Å². The van der Waals surface area contributed by atoms with E-state index in [1.54, 1.807) is 39.5 Å². The number of anilines is 1. The van der Waals surface area contributed by atoms with E-state index in [1.165, 1.54) is 16.2 Å². The molecule has 1 aromatic heterocycles. The molecule has 0 unspecified atom stereocenters. The van der Waals surface area contributed by atoms with E-state index < -0.39 is 0 Å². The molecule has 1 aliphatic heterocycles. The van der Waals surface area contributed by atoms with Gasteiger partial charge in [0.15, 0.2) is 0 Å². The Hall–Kier alpha value is -3.78. The van der Waals surface area contributed by atoms with Crippen molar-refractivity contribution in [3.05, 3.63) is 76.1 Å². The predicted octanol–water partition coefficient (Wildman–Crippen LogP) is 4.21. The summed E-state index contributed by atoms with van der Waals surface area (Å²) in [5.74, 6) is 1.20. The summed E-state index contributed by atoms with van der Waals surface area (Å²) >= 11 is 1.41. The van der Waals surface area contributed by atoms with Gasteiger partial charge in [-0.25, -0.2) is 0 Å². The number of thiophene rings is 1. The lowest BCUT2D eigenvalue weighted by Crippen LogP contribution is -2.34. The molecule has 2 amide bonds. The van der Waals surface area contributed by atoms with Crippen molar-refractivity contribution in [2.45, 2.75) is 6.42 Å². The Bertz CT molecular complexity index is 1190. The van der Waals surface area contributed by atoms with Crippen LogP contribution in [0.15, 0.2) is 65.7 Å². The third-order valence-electron chi connectivity index (χ3n) is 5.39. The molecule has 3 aromatic rings. The van der Waals surface area contributed by atoms with E-state index in [0.717, 1.165) is 16.2 Å². The van der Waals surface area contributed by atoms with Crippen LogP contribution in [0.1, 0.15) is 10.4 Å². The zero-order chi connectivity index (χ0) is 23.4. The number of imide groups is 1. The van der Waals surface area contributed by atoms with Gasteiger partial charge in [-0.05, 0) is 47.7 Å². The zero-order valence-electron chi connectivity index (χ0n) is 18.6. The third-order valence-corrected chi connectivity index (χ3v) is 6.27. The van der Waals surface area contributed by atoms with Gasteiger partial charge in [0.2, 0.25) is 0 Å². The number of amides is 2. The second-order valence-corrected chi connectivity index (χ2v) is 8.23. The fraction of sp³-hybridized carbons (Fsp3) is 0.200. The summed E-state index contributed by atoms with van der Waals surface area (Å²) in [6.45, 7) is 0.263. The summed E-state index contributed by atoms with van der Waals surface area (Å²) in [5.41, 5.74) is 2.13. The molecule has 1 N–H and O–H groups in total. The summed E-state index contributed by atoms with van der Waals surface area (Å²) < 4.78 is 15.9. The molecule has 7 nitrogen and oxygen atoms in total. The Balaban J connectivity index is 1.63. The largest absolute Gasteiger partial charge is 0.497 e. The van der Waals surface area contributed by atoms with Crippen LogP contribution in [0, 0.1) is 0 Å². The van der Waals surface area contributed by atoms with Gasteiger partial charge < -0.3 is 19.5 Å². The average Bonchev–Trinajstić information content (AvgIpc) is 3.45. The molecule has 0 atom stereocenters. The van der Waals surface area contributed by atoms with Crippen molar-refractivity contribution in [1.29, 1.82) is 0 Å². The van der Waals surface area contributed by atoms with Crippen LogP contribution in [0.3, 0.4) is 0 Å². The van der Waals surface area contributed by atoms with Crippen LogP contribution in [-0.2, 0) is 16.0 Å². The highest BCUT2D eigenvalue weighted by Crippen LogP contribution is 2.36. The van der Waals surface area contributed by atoms with E-state index in [9.17, 15) is 9.59 Å². The summed E-state index contributed by atoms with van der Waals surface area (Å²) in [5, 5.41) is 5.03. The van der Waals surface area contributed by atoms with E-state index in [4.69, 9.17) is 14.2 Å². The highest BCUT2D eigenvalue weighted by Gasteiger charge is 2.39. The molecule has 0 radical (unpaired) electrons. The predicted molar refractivity (Wildman–Crippen MR) is 128 cm³/mol. The monoisotopic (exact) mass is 464 g/mol. The van der Waals surface area contributed by atoms with E-state index >= 15 is 0 Å². The maximum Gasteiger partial charge on any atom is 0.278 e. The number of benzene rings is 2. The zero-order valence-corrected chi connectivity index (χ0v) is 19.4. The first-order valence-corrected chi connectivity index (χ1v) is 11.2. The standard InChI is InChI=1S/C25H24N2O5S/c1-30-17-8-6-16(7-9-17)12-13-27-24(28)22(21-5-4-14-33-21)23(25(27)29)26-19-15-18(31-2)10-11-20(19)32-3/h4-11,14-15,26H,12-13H2,1-3H3. The Labute approximate surface area is 196 Å². The second kappa shape index (κ2) is 9.79. The van der Waals surface area contributed by atoms with Crippen molar-refractivity contribution < 1.29 is 23.8 Å². The number of ether oxygens (including phenoxy) is 3. The van der Waals surface area contributed by atoms with Crippen LogP contribution >= 0.6 is 11.3 Å². The summed E-state index contributed by atoms with van der Waals surface area (Å²) in [6.07, 6.45) is 0.537. The normalized spacial score (nSPS) is 13.5. The molecule has 0 bridgehead atoms. The number of nitrogens with zero attached hydrogens (tertiary/aromatic N) is 1. The molecule has 0 saturated carbocycles. The molecule has 4 rings (SSSR count). The van der Waals surface area contributed by atoms with E-state index in [0.29, 0.717) is 29.2 Å². The molecule has 33 heavy (non-hydrogen) atoms. The molecule has 0 aliphatic carbocycles. The lowest BCUT2D eigenvalue weighted by atomic mass is 10.1. The number of carbonyl (C=O) groups is 2. The first-order chi connectivity index (χ1) is 16.0. The molecule has 0 saturated heterocycles. The molecule has 170 valence electrons. The minimum absolute atomic E-state index is 0.226. The number of carbonyl (C=O) groups excluding carboxylic acids is 2. The number of nitrogens with one attached hydrogen (secondary N) is 1. The van der Waals surface area contributed by atoms with Gasteiger partial charge in [-0.3, -0.25) is 14.5 Å². The Morgan fingerprint density at radius 3 is 2.24 bits per heavy atom. The summed E-state index contributed by atoms with van der Waals surface area (Å²) in [6, 6.07) is 16.5. The van der Waals surface area contributed by atoms with Crippen LogP contribution in [0.2, 0.25) is 0 Å². The molecular weight excluding hydrogens is 440 g/mol. The lowest BCUT2D eigenvalue weighted by molar-refractivity contribution is -0.136. The van der Waals surface area contributed by atoms with Gasteiger partial charge in [0, 0.05) is 17.5 Å². The maximum absolute atomic E-state index is 13.4. The highest BCUT2D eigenvalue weighted by molar-refractivity contribution is 7.11. The van der Waals surface area contributed by atoms with Crippen LogP contribution in [-0.4, -0.2) is 44.6 Å². The van der Waals surface area contributed by atoms with Gasteiger partial charge in [-0.15, -0.1) is 11.3 Å². The van der Waals surface area contributed by atoms with E-state index in [1.807, 2.05) is 41.8 Å². The van der Waals surface area contributed by atoms with Gasteiger partial charge >= 0.3 is 0 Å². The topological polar surface area (TPSA) is 77.1 Å². The Morgan fingerprint density at radius 2 is 1.61 bits per heavy atom. The van der Waals surface area contributed by atoms with Crippen molar-refractivity contribution in [3.63, 3.8) is 0 Å². The van der Waals surface area contributed by atoms with Crippen molar-refractivity contribution in [3.8, 4) is 17.2 Å². The van der Waals surface area contributed by atoms with Crippen LogP contribution in [0.4, 0.5) is 5.69 Å². The second-order valence-electron chi connectivity index (χ2n) is 7.28. The van der Waals surface area contributed by atoms with E-state index in [-0.39, 0.29) is 24.1 Å². The van der Waals surface area contributed by atoms with Gasteiger partial charge in [0.25, 0.3) is 11.8 Å². The molecular formula is C25H24N2O5S. The molecule has 1 aliphatic rings. The number of hydrogen-bond acceptors (Lipinski definition) is 7. The molecule has 2 aromatic carbocycles. The lowest BCUT2D eigenvalue weighted by Gasteiger charge is -2.16.